The first-order valence-corrected chi connectivity index (χ1v) is 10.1. The molecule has 0 atom stereocenters. The van der Waals surface area contributed by atoms with Crippen LogP contribution in [-0.2, 0) is 14.9 Å². The molecule has 3 rings (SSSR count). The number of carbonyl (C=O) groups excluding carboxylic acids is 1. The lowest BCUT2D eigenvalue weighted by molar-refractivity contribution is 0.0382. The van der Waals surface area contributed by atoms with E-state index in [4.69, 9.17) is 8.92 Å². The Kier molecular flexibility index (Phi) is 4.97. The van der Waals surface area contributed by atoms with Gasteiger partial charge in [0.15, 0.2) is 10.6 Å². The zero-order valence-corrected chi connectivity index (χ0v) is 16.1. The number of rotatable bonds is 5. The summed E-state index contributed by atoms with van der Waals surface area (Å²) >= 11 is 1.04. The number of pyridine rings is 1. The Bertz CT molecular complexity index is 1050. The Morgan fingerprint density at radius 3 is 2.50 bits per heavy atom. The first-order chi connectivity index (χ1) is 12.3. The summed E-state index contributed by atoms with van der Waals surface area (Å²) in [5, 5.41) is 0.448. The highest BCUT2D eigenvalue weighted by atomic mass is 32.2. The third-order valence-electron chi connectivity index (χ3n) is 3.45. The van der Waals surface area contributed by atoms with Crippen LogP contribution < -0.4 is 4.18 Å². The maximum absolute atomic E-state index is 12.7. The number of benzene rings is 1. The highest BCUT2D eigenvalue weighted by Gasteiger charge is 2.27. The molecular weight excluding hydrogens is 374 g/mol. The van der Waals surface area contributed by atoms with Crippen LogP contribution in [0.15, 0.2) is 47.5 Å². The quantitative estimate of drug-likeness (QED) is 0.484. The van der Waals surface area contributed by atoms with Crippen LogP contribution >= 0.6 is 11.3 Å². The predicted octanol–water partition coefficient (Wildman–Crippen LogP) is 3.94. The van der Waals surface area contributed by atoms with Gasteiger partial charge in [0.05, 0.1) is 11.5 Å². The third-order valence-corrected chi connectivity index (χ3v) is 5.76. The summed E-state index contributed by atoms with van der Waals surface area (Å²) in [6.07, 6.45) is 1.22. The Labute approximate surface area is 155 Å². The van der Waals surface area contributed by atoms with Crippen LogP contribution in [0.5, 0.6) is 5.75 Å². The maximum Gasteiger partial charge on any atom is 0.352 e. The summed E-state index contributed by atoms with van der Waals surface area (Å²) in [5.74, 6) is -0.693. The van der Waals surface area contributed by atoms with Crippen molar-refractivity contribution in [1.82, 2.24) is 4.98 Å². The minimum atomic E-state index is -4.10. The second-order valence-electron chi connectivity index (χ2n) is 5.92. The van der Waals surface area contributed by atoms with Gasteiger partial charge >= 0.3 is 16.1 Å². The molecule has 26 heavy (non-hydrogen) atoms. The number of ether oxygens (including phenoxy) is 1. The van der Waals surface area contributed by atoms with Crippen molar-refractivity contribution in [1.29, 1.82) is 0 Å². The first-order valence-electron chi connectivity index (χ1n) is 7.87. The van der Waals surface area contributed by atoms with E-state index in [2.05, 4.69) is 4.98 Å². The smallest absolute Gasteiger partial charge is 0.352 e. The fourth-order valence-electron chi connectivity index (χ4n) is 2.26. The summed E-state index contributed by atoms with van der Waals surface area (Å²) in [5.41, 5.74) is 0.926. The van der Waals surface area contributed by atoms with E-state index in [0.29, 0.717) is 10.2 Å². The monoisotopic (exact) mass is 391 g/mol. The topological polar surface area (TPSA) is 82.6 Å². The Hall–Kier alpha value is -2.45. The summed E-state index contributed by atoms with van der Waals surface area (Å²) in [6, 6.07) is 9.59. The number of nitrogens with zero attached hydrogens (tertiary/aromatic N) is 1. The van der Waals surface area contributed by atoms with Gasteiger partial charge in [-0.2, -0.15) is 8.42 Å². The van der Waals surface area contributed by atoms with E-state index in [0.717, 1.165) is 16.9 Å². The Balaban J connectivity index is 2.08. The lowest BCUT2D eigenvalue weighted by Gasteiger charge is -2.10. The van der Waals surface area contributed by atoms with Gasteiger partial charge in [0.1, 0.15) is 9.73 Å². The van der Waals surface area contributed by atoms with Crippen molar-refractivity contribution in [2.45, 2.75) is 31.8 Å². The van der Waals surface area contributed by atoms with E-state index in [1.807, 2.05) is 6.92 Å². The minimum absolute atomic E-state index is 0.00881. The molecule has 1 aromatic carbocycles. The number of esters is 1. The molecule has 0 fully saturated rings. The summed E-state index contributed by atoms with van der Waals surface area (Å²) in [6.45, 7) is 5.29. The average molecular weight is 391 g/mol. The molecule has 8 heteroatoms. The maximum atomic E-state index is 12.7. The van der Waals surface area contributed by atoms with Gasteiger partial charge in [-0.3, -0.25) is 0 Å². The first kappa shape index (κ1) is 18.3. The molecule has 0 N–H and O–H groups in total. The van der Waals surface area contributed by atoms with Gasteiger partial charge in [0.25, 0.3) is 0 Å². The molecule has 0 bridgehead atoms. The van der Waals surface area contributed by atoms with E-state index in [1.165, 1.54) is 12.1 Å². The summed E-state index contributed by atoms with van der Waals surface area (Å²) in [7, 11) is -4.10. The van der Waals surface area contributed by atoms with Crippen molar-refractivity contribution >= 4 is 37.6 Å². The number of hydrogen-bond donors (Lipinski definition) is 0. The van der Waals surface area contributed by atoms with E-state index >= 15 is 0 Å². The van der Waals surface area contributed by atoms with E-state index in [1.54, 1.807) is 44.3 Å². The second-order valence-corrected chi connectivity index (χ2v) is 8.47. The minimum Gasteiger partial charge on any atom is -0.459 e. The van der Waals surface area contributed by atoms with Crippen molar-refractivity contribution in [2.75, 3.05) is 0 Å². The molecule has 0 unspecified atom stereocenters. The lowest BCUT2D eigenvalue weighted by Crippen LogP contribution is -2.14. The normalized spacial score (nSPS) is 11.7. The highest BCUT2D eigenvalue weighted by Crippen LogP contribution is 2.38. The zero-order chi connectivity index (χ0) is 18.9. The number of aryl methyl sites for hydroxylation is 1. The van der Waals surface area contributed by atoms with Crippen LogP contribution in [0.2, 0.25) is 0 Å². The van der Waals surface area contributed by atoms with Crippen LogP contribution in [-0.4, -0.2) is 25.5 Å². The summed E-state index contributed by atoms with van der Waals surface area (Å²) in [4.78, 5) is 17.2. The van der Waals surface area contributed by atoms with Gasteiger partial charge in [0, 0.05) is 6.20 Å². The predicted molar refractivity (Wildman–Crippen MR) is 99.2 cm³/mol. The van der Waals surface area contributed by atoms with Gasteiger partial charge < -0.3 is 8.92 Å². The number of hydrogen-bond acceptors (Lipinski definition) is 7. The fourth-order valence-corrected chi connectivity index (χ4v) is 4.22. The molecule has 0 amide bonds. The van der Waals surface area contributed by atoms with Gasteiger partial charge in [-0.25, -0.2) is 9.78 Å². The fraction of sp³-hybridized carbons (Fsp3) is 0.222. The van der Waals surface area contributed by atoms with E-state index < -0.39 is 16.1 Å². The Morgan fingerprint density at radius 2 is 1.85 bits per heavy atom. The van der Waals surface area contributed by atoms with Crippen LogP contribution in [0.3, 0.4) is 0 Å². The van der Waals surface area contributed by atoms with Crippen LogP contribution in [0, 0.1) is 6.92 Å². The zero-order valence-electron chi connectivity index (χ0n) is 14.4. The third kappa shape index (κ3) is 3.71. The molecule has 3 aromatic rings. The molecule has 0 saturated carbocycles. The van der Waals surface area contributed by atoms with Crippen molar-refractivity contribution < 1.29 is 22.1 Å². The molecule has 0 saturated heterocycles. The van der Waals surface area contributed by atoms with Gasteiger partial charge in [0.2, 0.25) is 0 Å². The summed E-state index contributed by atoms with van der Waals surface area (Å²) < 4.78 is 35.9. The van der Waals surface area contributed by atoms with Crippen molar-refractivity contribution in [3.8, 4) is 5.75 Å². The van der Waals surface area contributed by atoms with Crippen molar-refractivity contribution in [3.05, 3.63) is 53.0 Å². The van der Waals surface area contributed by atoms with Crippen LogP contribution in [0.4, 0.5) is 0 Å². The number of thiophene rings is 1. The standard InChI is InChI=1S/C18H17NO5S2/c1-11(2)23-18(20)16-15(14-5-4-10-19-17(14)25-16)24-26(21,22)13-8-6-12(3)7-9-13/h4-11H,1-3H3. The SMILES string of the molecule is Cc1ccc(S(=O)(=O)Oc2c(C(=O)OC(C)C)sc3ncccc23)cc1. The molecule has 0 aliphatic rings. The van der Waals surface area contributed by atoms with Gasteiger partial charge in [-0.1, -0.05) is 17.7 Å². The molecule has 0 spiro atoms. The molecule has 6 nitrogen and oxygen atoms in total. The molecular formula is C18H17NO5S2. The largest absolute Gasteiger partial charge is 0.459 e. The van der Waals surface area contributed by atoms with Crippen molar-refractivity contribution in [3.63, 3.8) is 0 Å². The average Bonchev–Trinajstić information content (AvgIpc) is 2.93. The molecule has 0 radical (unpaired) electrons. The van der Waals surface area contributed by atoms with Crippen LogP contribution in [0.1, 0.15) is 29.1 Å². The number of aromatic nitrogens is 1. The van der Waals surface area contributed by atoms with E-state index in [-0.39, 0.29) is 21.6 Å². The lowest BCUT2D eigenvalue weighted by atomic mass is 10.2. The second kappa shape index (κ2) is 7.05. The highest BCUT2D eigenvalue weighted by molar-refractivity contribution is 7.87. The Morgan fingerprint density at radius 1 is 1.15 bits per heavy atom. The molecule has 0 aliphatic heterocycles. The molecule has 2 heterocycles. The van der Waals surface area contributed by atoms with Gasteiger partial charge in [-0.05, 0) is 45.0 Å². The van der Waals surface area contributed by atoms with Crippen LogP contribution in [0.25, 0.3) is 10.2 Å². The van der Waals surface area contributed by atoms with Crippen molar-refractivity contribution in [2.24, 2.45) is 0 Å². The number of fused-ring (bicyclic) bond motifs is 1. The van der Waals surface area contributed by atoms with E-state index in [9.17, 15) is 13.2 Å². The molecule has 2 aromatic heterocycles. The molecule has 136 valence electrons. The van der Waals surface area contributed by atoms with Gasteiger partial charge in [-0.15, -0.1) is 11.3 Å². The molecule has 0 aliphatic carbocycles. The number of carbonyl (C=O) groups is 1.